The van der Waals surface area contributed by atoms with Gasteiger partial charge in [-0.1, -0.05) is 39.0 Å². The minimum absolute atomic E-state index is 0.276. The third kappa shape index (κ3) is 6.92. The zero-order valence-electron chi connectivity index (χ0n) is 17.9. The maximum atomic E-state index is 12.3. The molecule has 2 N–H and O–H groups in total. The number of rotatable bonds is 7. The number of nitrogens with one attached hydrogen (secondary N) is 2. The first-order valence-corrected chi connectivity index (χ1v) is 9.71. The molecule has 0 aromatic heterocycles. The predicted molar refractivity (Wildman–Crippen MR) is 114 cm³/mol. The fourth-order valence-corrected chi connectivity index (χ4v) is 2.28. The molecule has 2 atom stereocenters. The lowest BCUT2D eigenvalue weighted by Gasteiger charge is -2.22. The predicted octanol–water partition coefficient (Wildman–Crippen LogP) is 3.90. The highest BCUT2D eigenvalue weighted by Crippen LogP contribution is 2.22. The molecule has 0 aliphatic rings. The monoisotopic (exact) mass is 412 g/mol. The molecule has 0 heterocycles. The summed E-state index contributed by atoms with van der Waals surface area (Å²) in [5.74, 6) is -0.0947. The molecule has 2 unspecified atom stereocenters. The van der Waals surface area contributed by atoms with Gasteiger partial charge >= 0.3 is 5.97 Å². The summed E-state index contributed by atoms with van der Waals surface area (Å²) in [4.78, 5) is 36.5. The van der Waals surface area contributed by atoms with Crippen molar-refractivity contribution in [2.45, 2.75) is 46.8 Å². The van der Waals surface area contributed by atoms with Gasteiger partial charge in [-0.15, -0.1) is 0 Å². The van der Waals surface area contributed by atoms with E-state index in [9.17, 15) is 14.4 Å². The smallest absolute Gasteiger partial charge is 0.329 e. The van der Waals surface area contributed by atoms with Crippen LogP contribution in [0.15, 0.2) is 54.6 Å². The fourth-order valence-electron chi connectivity index (χ4n) is 2.28. The third-order valence-electron chi connectivity index (χ3n) is 4.15. The summed E-state index contributed by atoms with van der Waals surface area (Å²) in [7, 11) is 0. The lowest BCUT2D eigenvalue weighted by Crippen LogP contribution is -2.46. The van der Waals surface area contributed by atoms with Crippen LogP contribution < -0.4 is 15.4 Å². The minimum atomic E-state index is -1.02. The minimum Gasteiger partial charge on any atom is -0.457 e. The summed E-state index contributed by atoms with van der Waals surface area (Å²) in [5, 5.41) is 5.26. The SMILES string of the molecule is CC(NC(=O)C(C)(C)C)C(=O)OC(C)C(=O)Nc1ccc(Oc2ccccc2)cc1. The molecule has 2 amide bonds. The summed E-state index contributed by atoms with van der Waals surface area (Å²) < 4.78 is 10.9. The van der Waals surface area contributed by atoms with Crippen LogP contribution in [0, 0.1) is 5.41 Å². The first-order chi connectivity index (χ1) is 14.1. The second kappa shape index (κ2) is 9.91. The van der Waals surface area contributed by atoms with Gasteiger partial charge in [0.05, 0.1) is 0 Å². The molecule has 0 saturated heterocycles. The quantitative estimate of drug-likeness (QED) is 0.673. The number of hydrogen-bond acceptors (Lipinski definition) is 5. The van der Waals surface area contributed by atoms with Gasteiger partial charge in [0.25, 0.3) is 5.91 Å². The number of anilines is 1. The van der Waals surface area contributed by atoms with E-state index in [-0.39, 0.29) is 5.91 Å². The molecule has 0 fully saturated rings. The van der Waals surface area contributed by atoms with E-state index in [1.807, 2.05) is 30.3 Å². The Morgan fingerprint density at radius 2 is 1.43 bits per heavy atom. The average molecular weight is 412 g/mol. The molecule has 7 nitrogen and oxygen atoms in total. The van der Waals surface area contributed by atoms with Crippen molar-refractivity contribution in [3.8, 4) is 11.5 Å². The van der Waals surface area contributed by atoms with Gasteiger partial charge in [0.15, 0.2) is 6.10 Å². The number of esters is 1. The molecule has 0 radical (unpaired) electrons. The highest BCUT2D eigenvalue weighted by Gasteiger charge is 2.27. The molecule has 0 aliphatic carbocycles. The van der Waals surface area contributed by atoms with Gasteiger partial charge in [0.1, 0.15) is 17.5 Å². The highest BCUT2D eigenvalue weighted by atomic mass is 16.5. The molecule has 0 aliphatic heterocycles. The van der Waals surface area contributed by atoms with Crippen LogP contribution >= 0.6 is 0 Å². The average Bonchev–Trinajstić information content (AvgIpc) is 2.69. The van der Waals surface area contributed by atoms with Crippen molar-refractivity contribution < 1.29 is 23.9 Å². The molecule has 0 saturated carbocycles. The molecule has 0 bridgehead atoms. The van der Waals surface area contributed by atoms with Gasteiger partial charge in [-0.25, -0.2) is 4.79 Å². The number of carbonyl (C=O) groups excluding carboxylic acids is 3. The Bertz CT molecular complexity index is 873. The Morgan fingerprint density at radius 3 is 2.00 bits per heavy atom. The van der Waals surface area contributed by atoms with Gasteiger partial charge in [-0.2, -0.15) is 0 Å². The molecule has 2 aromatic rings. The topological polar surface area (TPSA) is 93.7 Å². The largest absolute Gasteiger partial charge is 0.457 e. The Hall–Kier alpha value is -3.35. The Morgan fingerprint density at radius 1 is 0.867 bits per heavy atom. The molecular weight excluding hydrogens is 384 g/mol. The van der Waals surface area contributed by atoms with Crippen LogP contribution in [0.4, 0.5) is 5.69 Å². The molecule has 0 spiro atoms. The van der Waals surface area contributed by atoms with E-state index < -0.39 is 29.4 Å². The summed E-state index contributed by atoms with van der Waals surface area (Å²) in [5.41, 5.74) is -0.0918. The Balaban J connectivity index is 1.86. The first-order valence-electron chi connectivity index (χ1n) is 9.71. The van der Waals surface area contributed by atoms with Crippen molar-refractivity contribution in [1.82, 2.24) is 5.32 Å². The summed E-state index contributed by atoms with van der Waals surface area (Å²) in [6.45, 7) is 8.21. The second-order valence-corrected chi connectivity index (χ2v) is 7.95. The van der Waals surface area contributed by atoms with Crippen LogP contribution in [0.1, 0.15) is 34.6 Å². The van der Waals surface area contributed by atoms with Gasteiger partial charge in [0.2, 0.25) is 5.91 Å². The van der Waals surface area contributed by atoms with Crippen molar-refractivity contribution in [1.29, 1.82) is 0 Å². The molecule has 30 heavy (non-hydrogen) atoms. The zero-order valence-corrected chi connectivity index (χ0v) is 17.9. The Kier molecular flexibility index (Phi) is 7.58. The lowest BCUT2D eigenvalue weighted by atomic mass is 9.95. The van der Waals surface area contributed by atoms with Gasteiger partial charge in [-0.3, -0.25) is 9.59 Å². The van der Waals surface area contributed by atoms with Crippen molar-refractivity contribution in [2.75, 3.05) is 5.32 Å². The van der Waals surface area contributed by atoms with E-state index >= 15 is 0 Å². The number of benzene rings is 2. The first kappa shape index (κ1) is 22.9. The van der Waals surface area contributed by atoms with E-state index in [1.54, 1.807) is 45.0 Å². The second-order valence-electron chi connectivity index (χ2n) is 7.95. The number of ether oxygens (including phenoxy) is 2. The van der Waals surface area contributed by atoms with Crippen molar-refractivity contribution >= 4 is 23.5 Å². The summed E-state index contributed by atoms with van der Waals surface area (Å²) in [6.07, 6.45) is -1.02. The van der Waals surface area contributed by atoms with Crippen molar-refractivity contribution in [3.05, 3.63) is 54.6 Å². The molecule has 2 aromatic carbocycles. The number of amides is 2. The zero-order chi connectivity index (χ0) is 22.3. The normalized spacial score (nSPS) is 13.0. The van der Waals surface area contributed by atoms with E-state index in [2.05, 4.69) is 10.6 Å². The molecule has 160 valence electrons. The van der Waals surface area contributed by atoms with Gasteiger partial charge in [-0.05, 0) is 50.2 Å². The van der Waals surface area contributed by atoms with E-state index in [0.717, 1.165) is 0 Å². The van der Waals surface area contributed by atoms with Crippen molar-refractivity contribution in [3.63, 3.8) is 0 Å². The summed E-state index contributed by atoms with van der Waals surface area (Å²) in [6, 6.07) is 15.3. The number of carbonyl (C=O) groups is 3. The van der Waals surface area contributed by atoms with E-state index in [4.69, 9.17) is 9.47 Å². The van der Waals surface area contributed by atoms with Crippen LogP contribution in [0.3, 0.4) is 0 Å². The standard InChI is InChI=1S/C23H28N2O5/c1-15(24-22(28)23(3,4)5)21(27)29-16(2)20(26)25-17-11-13-19(14-12-17)30-18-9-7-6-8-10-18/h6-16H,1-5H3,(H,24,28)(H,25,26). The van der Waals surface area contributed by atoms with Crippen LogP contribution in [0.2, 0.25) is 0 Å². The molecule has 2 rings (SSSR count). The van der Waals surface area contributed by atoms with E-state index in [0.29, 0.717) is 17.2 Å². The van der Waals surface area contributed by atoms with Gasteiger partial charge < -0.3 is 20.1 Å². The van der Waals surface area contributed by atoms with Crippen LogP contribution in [0.25, 0.3) is 0 Å². The lowest BCUT2D eigenvalue weighted by molar-refractivity contribution is -0.156. The van der Waals surface area contributed by atoms with Crippen LogP contribution in [0.5, 0.6) is 11.5 Å². The number of para-hydroxylation sites is 1. The van der Waals surface area contributed by atoms with Crippen molar-refractivity contribution in [2.24, 2.45) is 5.41 Å². The maximum absolute atomic E-state index is 12.3. The highest BCUT2D eigenvalue weighted by molar-refractivity contribution is 5.95. The number of hydrogen-bond donors (Lipinski definition) is 2. The molecule has 7 heteroatoms. The maximum Gasteiger partial charge on any atom is 0.329 e. The Labute approximate surface area is 176 Å². The third-order valence-corrected chi connectivity index (χ3v) is 4.15. The molecular formula is C23H28N2O5. The van der Waals surface area contributed by atoms with Gasteiger partial charge in [0, 0.05) is 11.1 Å². The van der Waals surface area contributed by atoms with E-state index in [1.165, 1.54) is 13.8 Å². The van der Waals surface area contributed by atoms with Crippen LogP contribution in [-0.4, -0.2) is 29.9 Å². The fraction of sp³-hybridized carbons (Fsp3) is 0.348. The van der Waals surface area contributed by atoms with Crippen LogP contribution in [-0.2, 0) is 19.1 Å². The summed E-state index contributed by atoms with van der Waals surface area (Å²) >= 11 is 0.